The van der Waals surface area contributed by atoms with Gasteiger partial charge >= 0.3 is 0 Å². The number of halogens is 1. The summed E-state index contributed by atoms with van der Waals surface area (Å²) < 4.78 is 13.2. The Hall–Kier alpha value is -2.28. The van der Waals surface area contributed by atoms with Crippen LogP contribution in [0.25, 0.3) is 10.4 Å². The summed E-state index contributed by atoms with van der Waals surface area (Å²) in [5, 5.41) is 0.747. The predicted octanol–water partition coefficient (Wildman–Crippen LogP) is 2.41. The van der Waals surface area contributed by atoms with Crippen molar-refractivity contribution < 1.29 is 14.0 Å². The van der Waals surface area contributed by atoms with Gasteiger partial charge in [0.2, 0.25) is 5.91 Å². The van der Waals surface area contributed by atoms with E-state index >= 15 is 0 Å². The number of carbonyl (C=O) groups is 2. The van der Waals surface area contributed by atoms with Crippen LogP contribution in [0.2, 0.25) is 0 Å². The molecule has 2 aliphatic rings. The lowest BCUT2D eigenvalue weighted by Crippen LogP contribution is -2.39. The van der Waals surface area contributed by atoms with Crippen molar-refractivity contribution >= 4 is 23.2 Å². The molecule has 5 nitrogen and oxygen atoms in total. The summed E-state index contributed by atoms with van der Waals surface area (Å²) in [5.41, 5.74) is 5.96. The van der Waals surface area contributed by atoms with Crippen LogP contribution in [0.5, 0.6) is 0 Å². The zero-order valence-corrected chi connectivity index (χ0v) is 14.5. The molecule has 1 saturated heterocycles. The maximum Gasteiger partial charge on any atom is 0.274 e. The van der Waals surface area contributed by atoms with Crippen molar-refractivity contribution in [1.82, 2.24) is 9.88 Å². The van der Waals surface area contributed by atoms with Crippen LogP contribution in [0, 0.1) is 31.0 Å². The fraction of sp³-hybridized carbons (Fsp3) is 0.333. The molecule has 0 unspecified atom stereocenters. The SMILES string of the molecule is [CH2][C@H]1[C@H]2C[C@]2(C(N)=O)CN1C(=O)c1nc(C)sc1-c1ccc(F)cc1. The van der Waals surface area contributed by atoms with E-state index < -0.39 is 5.41 Å². The zero-order valence-electron chi connectivity index (χ0n) is 13.7. The number of likely N-dealkylation sites (tertiary alicyclic amines) is 1. The van der Waals surface area contributed by atoms with Gasteiger partial charge in [0.05, 0.1) is 15.3 Å². The molecular formula is C18H17FN3O2S. The number of aromatic nitrogens is 1. The first-order valence-electron chi connectivity index (χ1n) is 8.01. The molecule has 0 bridgehead atoms. The molecule has 0 spiro atoms. The molecule has 2 fully saturated rings. The minimum absolute atomic E-state index is 0.0305. The number of benzene rings is 1. The van der Waals surface area contributed by atoms with Gasteiger partial charge in [-0.15, -0.1) is 11.3 Å². The second kappa shape index (κ2) is 5.36. The number of carbonyl (C=O) groups excluding carboxylic acids is 2. The Morgan fingerprint density at radius 3 is 2.68 bits per heavy atom. The molecule has 1 aromatic heterocycles. The first-order valence-corrected chi connectivity index (χ1v) is 8.82. The van der Waals surface area contributed by atoms with Crippen LogP contribution in [0.4, 0.5) is 4.39 Å². The molecule has 1 saturated carbocycles. The van der Waals surface area contributed by atoms with Crippen molar-refractivity contribution in [3.63, 3.8) is 0 Å². The smallest absolute Gasteiger partial charge is 0.274 e. The van der Waals surface area contributed by atoms with Crippen LogP contribution in [-0.4, -0.2) is 34.3 Å². The molecule has 7 heteroatoms. The molecule has 1 aliphatic heterocycles. The van der Waals surface area contributed by atoms with E-state index in [0.29, 0.717) is 23.5 Å². The third-order valence-corrected chi connectivity index (χ3v) is 6.27. The number of fused-ring (bicyclic) bond motifs is 1. The summed E-state index contributed by atoms with van der Waals surface area (Å²) in [7, 11) is 0. The molecular weight excluding hydrogens is 341 g/mol. The fourth-order valence-electron chi connectivity index (χ4n) is 3.75. The second-order valence-electron chi connectivity index (χ2n) is 6.75. The van der Waals surface area contributed by atoms with E-state index in [1.807, 2.05) is 6.92 Å². The normalized spacial score (nSPS) is 27.2. The standard InChI is InChI=1S/C18H17FN3O2S/c1-9-13-7-18(13,17(20)24)8-22(9)16(23)14-15(25-10(2)21-14)11-3-5-12(19)6-4-11/h3-6,9,13H,1,7-8H2,2H3,(H2,20,24)/t9-,13+,18-/m0/s1. The molecule has 1 radical (unpaired) electrons. The summed E-state index contributed by atoms with van der Waals surface area (Å²) in [6.07, 6.45) is 0.696. The number of piperidine rings is 1. The summed E-state index contributed by atoms with van der Waals surface area (Å²) in [5.74, 6) is -0.923. The summed E-state index contributed by atoms with van der Waals surface area (Å²) in [6, 6.07) is 5.69. The molecule has 129 valence electrons. The quantitative estimate of drug-likeness (QED) is 0.915. The first-order chi connectivity index (χ1) is 11.8. The Morgan fingerprint density at radius 1 is 1.40 bits per heavy atom. The molecule has 2 N–H and O–H groups in total. The number of nitrogens with zero attached hydrogens (tertiary/aromatic N) is 2. The van der Waals surface area contributed by atoms with Crippen LogP contribution in [-0.2, 0) is 4.79 Å². The van der Waals surface area contributed by atoms with E-state index in [-0.39, 0.29) is 29.6 Å². The molecule has 25 heavy (non-hydrogen) atoms. The number of rotatable bonds is 3. The minimum Gasteiger partial charge on any atom is -0.369 e. The predicted molar refractivity (Wildman–Crippen MR) is 92.2 cm³/mol. The largest absolute Gasteiger partial charge is 0.369 e. The van der Waals surface area contributed by atoms with Gasteiger partial charge in [-0.1, -0.05) is 12.1 Å². The summed E-state index contributed by atoms with van der Waals surface area (Å²) in [4.78, 5) is 31.5. The highest BCUT2D eigenvalue weighted by Gasteiger charge is 2.68. The number of aryl methyl sites for hydroxylation is 1. The molecule has 4 rings (SSSR count). The zero-order chi connectivity index (χ0) is 17.9. The Morgan fingerprint density at radius 2 is 2.08 bits per heavy atom. The number of amides is 2. The summed E-state index contributed by atoms with van der Waals surface area (Å²) in [6.45, 7) is 6.17. The van der Waals surface area contributed by atoms with Crippen molar-refractivity contribution in [1.29, 1.82) is 0 Å². The monoisotopic (exact) mass is 358 g/mol. The van der Waals surface area contributed by atoms with Crippen molar-refractivity contribution in [2.24, 2.45) is 17.1 Å². The third-order valence-electron chi connectivity index (χ3n) is 5.25. The van der Waals surface area contributed by atoms with Crippen LogP contribution >= 0.6 is 11.3 Å². The van der Waals surface area contributed by atoms with Crippen LogP contribution in [0.1, 0.15) is 21.9 Å². The maximum atomic E-state index is 13.2. The molecule has 1 aliphatic carbocycles. The van der Waals surface area contributed by atoms with E-state index in [9.17, 15) is 14.0 Å². The molecule has 2 aromatic rings. The molecule has 1 aromatic carbocycles. The molecule has 2 heterocycles. The highest BCUT2D eigenvalue weighted by atomic mass is 32.1. The third kappa shape index (κ3) is 2.37. The Kier molecular flexibility index (Phi) is 3.47. The number of nitrogens with two attached hydrogens (primary N) is 1. The van der Waals surface area contributed by atoms with Gasteiger partial charge in [-0.3, -0.25) is 9.59 Å². The van der Waals surface area contributed by atoms with Crippen molar-refractivity contribution in [2.45, 2.75) is 19.4 Å². The van der Waals surface area contributed by atoms with Gasteiger partial charge in [0.25, 0.3) is 5.91 Å². The Labute approximate surface area is 148 Å². The van der Waals surface area contributed by atoms with Gasteiger partial charge in [-0.2, -0.15) is 0 Å². The van der Waals surface area contributed by atoms with Crippen molar-refractivity contribution in [3.8, 4) is 10.4 Å². The average molecular weight is 358 g/mol. The van der Waals surface area contributed by atoms with Crippen LogP contribution in [0.15, 0.2) is 24.3 Å². The van der Waals surface area contributed by atoms with Crippen molar-refractivity contribution in [3.05, 3.63) is 47.7 Å². The molecule has 3 atom stereocenters. The second-order valence-corrected chi connectivity index (χ2v) is 7.95. The topological polar surface area (TPSA) is 76.3 Å². The number of primary amides is 1. The highest BCUT2D eigenvalue weighted by Crippen LogP contribution is 2.60. The minimum atomic E-state index is -0.622. The Balaban J connectivity index is 1.68. The van der Waals surface area contributed by atoms with Gasteiger partial charge in [-0.05, 0) is 43.9 Å². The van der Waals surface area contributed by atoms with E-state index in [1.165, 1.54) is 23.5 Å². The molecule has 2 amide bonds. The Bertz CT molecular complexity index is 879. The summed E-state index contributed by atoms with van der Waals surface area (Å²) >= 11 is 1.39. The van der Waals surface area contributed by atoms with E-state index in [4.69, 9.17) is 5.73 Å². The van der Waals surface area contributed by atoms with Gasteiger partial charge in [0.1, 0.15) is 11.5 Å². The number of thiazole rings is 1. The maximum absolute atomic E-state index is 13.2. The number of hydrogen-bond acceptors (Lipinski definition) is 4. The first kappa shape index (κ1) is 16.2. The van der Waals surface area contributed by atoms with Gasteiger partial charge in [0.15, 0.2) is 0 Å². The van der Waals surface area contributed by atoms with Gasteiger partial charge in [-0.25, -0.2) is 9.37 Å². The van der Waals surface area contributed by atoms with E-state index in [1.54, 1.807) is 17.0 Å². The fourth-order valence-corrected chi connectivity index (χ4v) is 4.66. The highest BCUT2D eigenvalue weighted by molar-refractivity contribution is 7.15. The van der Waals surface area contributed by atoms with Crippen molar-refractivity contribution in [2.75, 3.05) is 6.54 Å². The van der Waals surface area contributed by atoms with E-state index in [2.05, 4.69) is 11.9 Å². The van der Waals surface area contributed by atoms with Crippen LogP contribution in [0.3, 0.4) is 0 Å². The van der Waals surface area contributed by atoms with E-state index in [0.717, 1.165) is 10.6 Å². The lowest BCUT2D eigenvalue weighted by Gasteiger charge is -2.24. The lowest BCUT2D eigenvalue weighted by atomic mass is 10.1. The van der Waals surface area contributed by atoms with Gasteiger partial charge in [0, 0.05) is 12.6 Å². The number of hydrogen-bond donors (Lipinski definition) is 1. The van der Waals surface area contributed by atoms with Gasteiger partial charge < -0.3 is 10.6 Å². The lowest BCUT2D eigenvalue weighted by molar-refractivity contribution is -0.123. The average Bonchev–Trinajstić information content (AvgIpc) is 3.08. The van der Waals surface area contributed by atoms with Crippen LogP contribution < -0.4 is 5.73 Å².